The molecule has 3 amide bonds. The van der Waals surface area contributed by atoms with Crippen molar-refractivity contribution >= 4 is 17.8 Å². The van der Waals surface area contributed by atoms with Crippen molar-refractivity contribution in [1.29, 1.82) is 0 Å². The molecular weight excluding hydrogens is 422 g/mol. The van der Waals surface area contributed by atoms with Crippen LogP contribution in [0.5, 0.6) is 11.5 Å². The van der Waals surface area contributed by atoms with Gasteiger partial charge in [0.15, 0.2) is 17.3 Å². The van der Waals surface area contributed by atoms with E-state index in [9.17, 15) is 9.59 Å². The Balaban J connectivity index is 1.33. The van der Waals surface area contributed by atoms with Crippen molar-refractivity contribution in [3.8, 4) is 11.5 Å². The highest BCUT2D eigenvalue weighted by atomic mass is 16.5. The minimum Gasteiger partial charge on any atom is -0.493 e. The standard InChI is InChI=1S/C24H31N5O4/c1-32-20-8-7-19(15-21(20)33-17-18-5-3-2-4-6-18)23(30)28-11-13-29(14-12-28)24(31)27-22-16-25-9-10-26-22/h7-10,15-16,18H,2-6,11-14,17H2,1H3,(H,26,27,31). The highest BCUT2D eigenvalue weighted by Crippen LogP contribution is 2.31. The summed E-state index contributed by atoms with van der Waals surface area (Å²) in [7, 11) is 1.61. The van der Waals surface area contributed by atoms with Gasteiger partial charge < -0.3 is 19.3 Å². The first-order valence-electron chi connectivity index (χ1n) is 11.6. The molecule has 0 bridgehead atoms. The van der Waals surface area contributed by atoms with E-state index in [1.165, 1.54) is 44.5 Å². The summed E-state index contributed by atoms with van der Waals surface area (Å²) >= 11 is 0. The second-order valence-corrected chi connectivity index (χ2v) is 8.48. The van der Waals surface area contributed by atoms with E-state index in [-0.39, 0.29) is 11.9 Å². The lowest BCUT2D eigenvalue weighted by molar-refractivity contribution is 0.0671. The highest BCUT2D eigenvalue weighted by Gasteiger charge is 2.26. The predicted molar refractivity (Wildman–Crippen MR) is 124 cm³/mol. The number of aromatic nitrogens is 2. The number of amides is 3. The molecule has 2 fully saturated rings. The number of rotatable bonds is 6. The smallest absolute Gasteiger partial charge is 0.323 e. The van der Waals surface area contributed by atoms with Crippen LogP contribution in [0.4, 0.5) is 10.6 Å². The quantitative estimate of drug-likeness (QED) is 0.720. The Kier molecular flexibility index (Phi) is 7.59. The number of methoxy groups -OCH3 is 1. The molecule has 1 aliphatic heterocycles. The first kappa shape index (κ1) is 22.8. The van der Waals surface area contributed by atoms with Crippen LogP contribution in [0.15, 0.2) is 36.8 Å². The molecule has 33 heavy (non-hydrogen) atoms. The number of urea groups is 1. The molecule has 9 nitrogen and oxygen atoms in total. The van der Waals surface area contributed by atoms with Crippen LogP contribution < -0.4 is 14.8 Å². The van der Waals surface area contributed by atoms with Gasteiger partial charge in [-0.25, -0.2) is 9.78 Å². The molecule has 9 heteroatoms. The number of carbonyl (C=O) groups excluding carboxylic acids is 2. The maximum Gasteiger partial charge on any atom is 0.323 e. The van der Waals surface area contributed by atoms with E-state index in [1.54, 1.807) is 41.3 Å². The van der Waals surface area contributed by atoms with Crippen LogP contribution in [0, 0.1) is 5.92 Å². The lowest BCUT2D eigenvalue weighted by atomic mass is 9.90. The van der Waals surface area contributed by atoms with E-state index in [4.69, 9.17) is 9.47 Å². The number of ether oxygens (including phenoxy) is 2. The summed E-state index contributed by atoms with van der Waals surface area (Å²) in [5.74, 6) is 2.13. The normalized spacial score (nSPS) is 16.9. The van der Waals surface area contributed by atoms with Gasteiger partial charge in [0.25, 0.3) is 5.91 Å². The van der Waals surface area contributed by atoms with Crippen LogP contribution in [0.25, 0.3) is 0 Å². The SMILES string of the molecule is COc1ccc(C(=O)N2CCN(C(=O)Nc3cnccn3)CC2)cc1OCC1CCCCC1. The third-order valence-corrected chi connectivity index (χ3v) is 6.26. The van der Waals surface area contributed by atoms with E-state index in [2.05, 4.69) is 15.3 Å². The molecule has 1 aliphatic carbocycles. The molecule has 0 atom stereocenters. The number of piperazine rings is 1. The summed E-state index contributed by atoms with van der Waals surface area (Å²) in [6.45, 7) is 2.44. The Morgan fingerprint density at radius 2 is 1.79 bits per heavy atom. The molecule has 0 unspecified atom stereocenters. The van der Waals surface area contributed by atoms with Gasteiger partial charge in [-0.15, -0.1) is 0 Å². The first-order chi connectivity index (χ1) is 16.1. The molecule has 176 valence electrons. The Hall–Kier alpha value is -3.36. The zero-order valence-corrected chi connectivity index (χ0v) is 19.0. The number of anilines is 1. The molecule has 1 saturated heterocycles. The summed E-state index contributed by atoms with van der Waals surface area (Å²) in [4.78, 5) is 37.0. The van der Waals surface area contributed by atoms with Gasteiger partial charge in [-0.05, 0) is 37.0 Å². The van der Waals surface area contributed by atoms with Crippen molar-refractivity contribution in [3.05, 3.63) is 42.4 Å². The Morgan fingerprint density at radius 1 is 1.03 bits per heavy atom. The Morgan fingerprint density at radius 3 is 2.48 bits per heavy atom. The zero-order chi connectivity index (χ0) is 23.0. The van der Waals surface area contributed by atoms with Crippen molar-refractivity contribution < 1.29 is 19.1 Å². The molecule has 0 spiro atoms. The van der Waals surface area contributed by atoms with Crippen LogP contribution in [0.2, 0.25) is 0 Å². The average molecular weight is 454 g/mol. The minimum atomic E-state index is -0.245. The molecule has 4 rings (SSSR count). The van der Waals surface area contributed by atoms with Gasteiger partial charge >= 0.3 is 6.03 Å². The fourth-order valence-electron chi connectivity index (χ4n) is 4.33. The van der Waals surface area contributed by atoms with Crippen molar-refractivity contribution in [2.45, 2.75) is 32.1 Å². The van der Waals surface area contributed by atoms with Crippen molar-refractivity contribution in [2.24, 2.45) is 5.92 Å². The maximum atomic E-state index is 13.1. The number of hydrogen-bond acceptors (Lipinski definition) is 6. The summed E-state index contributed by atoms with van der Waals surface area (Å²) in [5, 5.41) is 2.73. The van der Waals surface area contributed by atoms with Crippen LogP contribution in [-0.4, -0.2) is 71.6 Å². The summed E-state index contributed by atoms with van der Waals surface area (Å²) in [6.07, 6.45) is 10.8. The summed E-state index contributed by atoms with van der Waals surface area (Å²) in [5.41, 5.74) is 0.562. The molecule has 1 aromatic carbocycles. The lowest BCUT2D eigenvalue weighted by Gasteiger charge is -2.34. The topological polar surface area (TPSA) is 96.9 Å². The van der Waals surface area contributed by atoms with E-state index >= 15 is 0 Å². The minimum absolute atomic E-state index is 0.0749. The Bertz CT molecular complexity index is 941. The fourth-order valence-corrected chi connectivity index (χ4v) is 4.33. The van der Waals surface area contributed by atoms with Gasteiger partial charge in [0, 0.05) is 44.1 Å². The fraction of sp³-hybridized carbons (Fsp3) is 0.500. The number of carbonyl (C=O) groups is 2. The molecule has 1 N–H and O–H groups in total. The van der Waals surface area contributed by atoms with E-state index in [0.29, 0.717) is 61.6 Å². The lowest BCUT2D eigenvalue weighted by Crippen LogP contribution is -2.51. The highest BCUT2D eigenvalue weighted by molar-refractivity contribution is 5.95. The van der Waals surface area contributed by atoms with Gasteiger partial charge in [-0.2, -0.15) is 0 Å². The van der Waals surface area contributed by atoms with Crippen LogP contribution >= 0.6 is 0 Å². The number of nitrogens with one attached hydrogen (secondary N) is 1. The molecule has 2 aromatic rings. The Labute approximate surface area is 194 Å². The van der Waals surface area contributed by atoms with E-state index in [1.807, 2.05) is 0 Å². The molecule has 0 radical (unpaired) electrons. The molecule has 1 aromatic heterocycles. The number of benzene rings is 1. The summed E-state index contributed by atoms with van der Waals surface area (Å²) in [6, 6.07) is 5.08. The largest absolute Gasteiger partial charge is 0.493 e. The second kappa shape index (κ2) is 11.0. The number of nitrogens with zero attached hydrogens (tertiary/aromatic N) is 4. The van der Waals surface area contributed by atoms with Crippen molar-refractivity contribution in [3.63, 3.8) is 0 Å². The molecule has 1 saturated carbocycles. The average Bonchev–Trinajstić information content (AvgIpc) is 2.88. The number of hydrogen-bond donors (Lipinski definition) is 1. The predicted octanol–water partition coefficient (Wildman–Crippen LogP) is 3.43. The molecule has 2 aliphatic rings. The molecule has 2 heterocycles. The van der Waals surface area contributed by atoms with Crippen LogP contribution in [0.1, 0.15) is 42.5 Å². The van der Waals surface area contributed by atoms with Crippen molar-refractivity contribution in [1.82, 2.24) is 19.8 Å². The van der Waals surface area contributed by atoms with Crippen LogP contribution in [-0.2, 0) is 0 Å². The van der Waals surface area contributed by atoms with Crippen LogP contribution in [0.3, 0.4) is 0 Å². The first-order valence-corrected chi connectivity index (χ1v) is 11.6. The monoisotopic (exact) mass is 453 g/mol. The zero-order valence-electron chi connectivity index (χ0n) is 19.0. The van der Waals surface area contributed by atoms with E-state index in [0.717, 1.165) is 0 Å². The van der Waals surface area contributed by atoms with Gasteiger partial charge in [-0.1, -0.05) is 19.3 Å². The van der Waals surface area contributed by atoms with Crippen molar-refractivity contribution in [2.75, 3.05) is 45.2 Å². The summed E-state index contributed by atoms with van der Waals surface area (Å²) < 4.78 is 11.5. The third kappa shape index (κ3) is 5.91. The van der Waals surface area contributed by atoms with Gasteiger partial charge in [-0.3, -0.25) is 15.1 Å². The van der Waals surface area contributed by atoms with E-state index < -0.39 is 0 Å². The van der Waals surface area contributed by atoms with Gasteiger partial charge in [0.2, 0.25) is 0 Å². The third-order valence-electron chi connectivity index (χ3n) is 6.26. The maximum absolute atomic E-state index is 13.1. The van der Waals surface area contributed by atoms with Gasteiger partial charge in [0.05, 0.1) is 19.9 Å². The second-order valence-electron chi connectivity index (χ2n) is 8.48. The van der Waals surface area contributed by atoms with Gasteiger partial charge in [0.1, 0.15) is 0 Å². The molecular formula is C24H31N5O4.